The highest BCUT2D eigenvalue weighted by atomic mass is 16.3. The Kier molecular flexibility index (Phi) is 3.98. The van der Waals surface area contributed by atoms with Crippen LogP contribution in [0.15, 0.2) is 0 Å². The SMILES string of the molecule is CC(CO)N(C)C1CCNCC1. The molecule has 0 aromatic carbocycles. The van der Waals surface area contributed by atoms with Crippen molar-refractivity contribution >= 4 is 0 Å². The van der Waals surface area contributed by atoms with Gasteiger partial charge < -0.3 is 10.4 Å². The van der Waals surface area contributed by atoms with Gasteiger partial charge in [-0.25, -0.2) is 0 Å². The molecule has 1 rings (SSSR count). The van der Waals surface area contributed by atoms with E-state index in [1.807, 2.05) is 0 Å². The van der Waals surface area contributed by atoms with Crippen LogP contribution in [0.1, 0.15) is 19.8 Å². The fourth-order valence-electron chi connectivity index (χ4n) is 1.70. The van der Waals surface area contributed by atoms with Gasteiger partial charge in [0.2, 0.25) is 0 Å². The predicted molar refractivity (Wildman–Crippen MR) is 50.2 cm³/mol. The highest BCUT2D eigenvalue weighted by Crippen LogP contribution is 2.12. The lowest BCUT2D eigenvalue weighted by Crippen LogP contribution is -2.46. The number of likely N-dealkylation sites (N-methyl/N-ethyl adjacent to an activating group) is 1. The normalized spacial score (nSPS) is 23.0. The van der Waals surface area contributed by atoms with E-state index in [0.717, 1.165) is 13.1 Å². The number of hydrogen-bond donors (Lipinski definition) is 2. The van der Waals surface area contributed by atoms with Crippen LogP contribution in [-0.2, 0) is 0 Å². The van der Waals surface area contributed by atoms with E-state index in [9.17, 15) is 0 Å². The van der Waals surface area contributed by atoms with Crippen molar-refractivity contribution in [2.75, 3.05) is 26.7 Å². The average Bonchev–Trinajstić information content (AvgIpc) is 2.17. The van der Waals surface area contributed by atoms with Crippen molar-refractivity contribution in [1.82, 2.24) is 10.2 Å². The summed E-state index contributed by atoms with van der Waals surface area (Å²) >= 11 is 0. The van der Waals surface area contributed by atoms with Crippen LogP contribution in [0.4, 0.5) is 0 Å². The zero-order valence-electron chi connectivity index (χ0n) is 8.08. The third kappa shape index (κ3) is 2.44. The van der Waals surface area contributed by atoms with Crippen molar-refractivity contribution in [3.05, 3.63) is 0 Å². The van der Waals surface area contributed by atoms with E-state index in [1.54, 1.807) is 0 Å². The molecule has 1 saturated heterocycles. The van der Waals surface area contributed by atoms with Gasteiger partial charge in [-0.15, -0.1) is 0 Å². The standard InChI is InChI=1S/C9H20N2O/c1-8(7-12)11(2)9-3-5-10-6-4-9/h8-10,12H,3-7H2,1-2H3. The van der Waals surface area contributed by atoms with Crippen LogP contribution in [0.5, 0.6) is 0 Å². The van der Waals surface area contributed by atoms with Gasteiger partial charge in [0.25, 0.3) is 0 Å². The van der Waals surface area contributed by atoms with E-state index in [2.05, 4.69) is 24.2 Å². The summed E-state index contributed by atoms with van der Waals surface area (Å²) in [6.45, 7) is 4.57. The molecule has 1 aliphatic heterocycles. The molecule has 0 aromatic rings. The molecule has 3 nitrogen and oxygen atoms in total. The van der Waals surface area contributed by atoms with Gasteiger partial charge in [0.15, 0.2) is 0 Å². The molecule has 0 saturated carbocycles. The molecule has 0 amide bonds. The summed E-state index contributed by atoms with van der Waals surface area (Å²) < 4.78 is 0. The first kappa shape index (κ1) is 9.96. The average molecular weight is 172 g/mol. The van der Waals surface area contributed by atoms with E-state index in [-0.39, 0.29) is 6.61 Å². The summed E-state index contributed by atoms with van der Waals surface area (Å²) in [5, 5.41) is 12.3. The minimum absolute atomic E-state index is 0.264. The van der Waals surface area contributed by atoms with Crippen molar-refractivity contribution in [3.63, 3.8) is 0 Å². The Balaban J connectivity index is 2.33. The quantitative estimate of drug-likeness (QED) is 0.631. The van der Waals surface area contributed by atoms with Gasteiger partial charge in [-0.2, -0.15) is 0 Å². The Morgan fingerprint density at radius 1 is 1.50 bits per heavy atom. The Labute approximate surface area is 74.8 Å². The van der Waals surface area contributed by atoms with Crippen LogP contribution in [0, 0.1) is 0 Å². The lowest BCUT2D eigenvalue weighted by molar-refractivity contribution is 0.103. The molecule has 2 N–H and O–H groups in total. The number of piperidine rings is 1. The summed E-state index contributed by atoms with van der Waals surface area (Å²) in [5.41, 5.74) is 0. The second-order valence-corrected chi connectivity index (χ2v) is 3.68. The summed E-state index contributed by atoms with van der Waals surface area (Å²) in [5.74, 6) is 0. The molecule has 0 spiro atoms. The summed E-state index contributed by atoms with van der Waals surface area (Å²) in [6, 6.07) is 0.960. The zero-order chi connectivity index (χ0) is 8.97. The van der Waals surface area contributed by atoms with Gasteiger partial charge in [-0.3, -0.25) is 4.90 Å². The predicted octanol–water partition coefficient (Wildman–Crippen LogP) is 0.0510. The molecular formula is C9H20N2O. The fourth-order valence-corrected chi connectivity index (χ4v) is 1.70. The van der Waals surface area contributed by atoms with Crippen molar-refractivity contribution < 1.29 is 5.11 Å². The van der Waals surface area contributed by atoms with Gasteiger partial charge in [0.1, 0.15) is 0 Å². The molecule has 12 heavy (non-hydrogen) atoms. The minimum atomic E-state index is 0.264. The first-order chi connectivity index (χ1) is 5.75. The second kappa shape index (κ2) is 4.80. The van der Waals surface area contributed by atoms with Gasteiger partial charge in [-0.1, -0.05) is 0 Å². The van der Waals surface area contributed by atoms with Crippen molar-refractivity contribution in [2.45, 2.75) is 31.8 Å². The molecule has 1 heterocycles. The Morgan fingerprint density at radius 2 is 2.08 bits per heavy atom. The van der Waals surface area contributed by atoms with Crippen molar-refractivity contribution in [1.29, 1.82) is 0 Å². The smallest absolute Gasteiger partial charge is 0.0584 e. The van der Waals surface area contributed by atoms with Crippen molar-refractivity contribution in [2.24, 2.45) is 0 Å². The first-order valence-corrected chi connectivity index (χ1v) is 4.79. The number of nitrogens with zero attached hydrogens (tertiary/aromatic N) is 1. The van der Waals surface area contributed by atoms with Gasteiger partial charge >= 0.3 is 0 Å². The zero-order valence-corrected chi connectivity index (χ0v) is 8.08. The lowest BCUT2D eigenvalue weighted by Gasteiger charge is -2.35. The molecule has 0 bridgehead atoms. The van der Waals surface area contributed by atoms with Gasteiger partial charge in [0.05, 0.1) is 6.61 Å². The fraction of sp³-hybridized carbons (Fsp3) is 1.00. The molecule has 3 heteroatoms. The molecule has 0 aromatic heterocycles. The topological polar surface area (TPSA) is 35.5 Å². The third-order valence-electron chi connectivity index (χ3n) is 2.84. The number of aliphatic hydroxyl groups excluding tert-OH is 1. The van der Waals surface area contributed by atoms with E-state index >= 15 is 0 Å². The summed E-state index contributed by atoms with van der Waals surface area (Å²) in [7, 11) is 2.11. The molecule has 1 aliphatic rings. The Hall–Kier alpha value is -0.120. The number of rotatable bonds is 3. The van der Waals surface area contributed by atoms with Crippen LogP contribution >= 0.6 is 0 Å². The highest BCUT2D eigenvalue weighted by molar-refractivity contribution is 4.78. The third-order valence-corrected chi connectivity index (χ3v) is 2.84. The highest BCUT2D eigenvalue weighted by Gasteiger charge is 2.20. The van der Waals surface area contributed by atoms with Crippen LogP contribution in [0.3, 0.4) is 0 Å². The van der Waals surface area contributed by atoms with Crippen molar-refractivity contribution in [3.8, 4) is 0 Å². The second-order valence-electron chi connectivity index (χ2n) is 3.68. The van der Waals surface area contributed by atoms with E-state index in [0.29, 0.717) is 12.1 Å². The molecule has 1 atom stereocenters. The molecular weight excluding hydrogens is 152 g/mol. The first-order valence-electron chi connectivity index (χ1n) is 4.79. The minimum Gasteiger partial charge on any atom is -0.395 e. The maximum atomic E-state index is 8.98. The molecule has 1 unspecified atom stereocenters. The Bertz CT molecular complexity index is 124. The maximum Gasteiger partial charge on any atom is 0.0584 e. The van der Waals surface area contributed by atoms with E-state index < -0.39 is 0 Å². The van der Waals surface area contributed by atoms with E-state index in [4.69, 9.17) is 5.11 Å². The summed E-state index contributed by atoms with van der Waals surface area (Å²) in [4.78, 5) is 2.29. The van der Waals surface area contributed by atoms with Gasteiger partial charge in [-0.05, 0) is 39.9 Å². The van der Waals surface area contributed by atoms with Gasteiger partial charge in [0, 0.05) is 12.1 Å². The molecule has 0 aliphatic carbocycles. The van der Waals surface area contributed by atoms with Crippen LogP contribution in [0.25, 0.3) is 0 Å². The monoisotopic (exact) mass is 172 g/mol. The maximum absolute atomic E-state index is 8.98. The molecule has 1 fully saturated rings. The number of hydrogen-bond acceptors (Lipinski definition) is 3. The van der Waals surface area contributed by atoms with Crippen LogP contribution in [0.2, 0.25) is 0 Å². The number of nitrogens with one attached hydrogen (secondary N) is 1. The van der Waals surface area contributed by atoms with Crippen LogP contribution in [-0.4, -0.2) is 48.8 Å². The number of aliphatic hydroxyl groups is 1. The Morgan fingerprint density at radius 3 is 2.58 bits per heavy atom. The largest absolute Gasteiger partial charge is 0.395 e. The molecule has 72 valence electrons. The lowest BCUT2D eigenvalue weighted by atomic mass is 10.0. The van der Waals surface area contributed by atoms with Crippen LogP contribution < -0.4 is 5.32 Å². The summed E-state index contributed by atoms with van der Waals surface area (Å²) in [6.07, 6.45) is 2.42. The van der Waals surface area contributed by atoms with E-state index in [1.165, 1.54) is 12.8 Å². The molecule has 0 radical (unpaired) electrons.